The first kappa shape index (κ1) is 22.7. The van der Waals surface area contributed by atoms with E-state index in [0.717, 1.165) is 15.5 Å². The lowest BCUT2D eigenvalue weighted by Gasteiger charge is -2.19. The number of nitrogens with zero attached hydrogens (tertiary/aromatic N) is 3. The van der Waals surface area contributed by atoms with Crippen LogP contribution in [0.25, 0.3) is 6.08 Å². The number of amides is 2. The Kier molecular flexibility index (Phi) is 6.33. The number of rotatable bonds is 5. The molecule has 2 N–H and O–H groups in total. The van der Waals surface area contributed by atoms with Crippen LogP contribution < -0.4 is 10.6 Å². The van der Waals surface area contributed by atoms with E-state index < -0.39 is 43.3 Å². The molecule has 170 valence electrons. The van der Waals surface area contributed by atoms with Crippen LogP contribution in [0.1, 0.15) is 27.9 Å². The summed E-state index contributed by atoms with van der Waals surface area (Å²) in [4.78, 5) is 31.1. The predicted octanol–water partition coefficient (Wildman–Crippen LogP) is 3.44. The zero-order valence-corrected chi connectivity index (χ0v) is 18.5. The molecule has 2 aliphatic heterocycles. The molecule has 1 aromatic heterocycles. The highest BCUT2D eigenvalue weighted by Crippen LogP contribution is 2.39. The number of halogens is 2. The summed E-state index contributed by atoms with van der Waals surface area (Å²) in [5, 5.41) is 14.9. The van der Waals surface area contributed by atoms with Crippen molar-refractivity contribution in [1.29, 1.82) is 5.26 Å². The summed E-state index contributed by atoms with van der Waals surface area (Å²) in [7, 11) is 0. The second-order valence-electron chi connectivity index (χ2n) is 7.91. The number of carbonyl (C=O) groups excluding carboxylic acids is 2. The second-order valence-corrected chi connectivity index (χ2v) is 9.10. The standard InChI is InChI=1S/C23H21F2N5O2S/c1-14-2-4-18-19(8-14)33-20(29-18)5-3-15-11-27-7-6-17(15)22(32)28-12-21(31)30-13-23(24,25)9-16(30)10-26/h2-8,11,16,20,29H,9,12-13H2,1H3,(H,28,32). The Hall–Kier alpha value is -3.45. The summed E-state index contributed by atoms with van der Waals surface area (Å²) >= 11 is 1.66. The first-order chi connectivity index (χ1) is 15.8. The van der Waals surface area contributed by atoms with Crippen LogP contribution >= 0.6 is 11.8 Å². The Bertz CT molecular complexity index is 1160. The molecule has 2 aromatic rings. The van der Waals surface area contributed by atoms with Crippen molar-refractivity contribution in [1.82, 2.24) is 15.2 Å². The molecule has 3 heterocycles. The van der Waals surface area contributed by atoms with E-state index in [0.29, 0.717) is 11.1 Å². The molecule has 0 spiro atoms. The normalized spacial score (nSPS) is 20.8. The number of nitrogens with one attached hydrogen (secondary N) is 2. The van der Waals surface area contributed by atoms with Crippen LogP contribution in [0, 0.1) is 18.3 Å². The van der Waals surface area contributed by atoms with Gasteiger partial charge in [0, 0.05) is 40.5 Å². The number of hydrogen-bond donors (Lipinski definition) is 2. The van der Waals surface area contributed by atoms with Crippen molar-refractivity contribution < 1.29 is 18.4 Å². The van der Waals surface area contributed by atoms with E-state index in [1.807, 2.05) is 25.1 Å². The van der Waals surface area contributed by atoms with Crippen molar-refractivity contribution in [2.75, 3.05) is 18.4 Å². The van der Waals surface area contributed by atoms with Crippen LogP contribution in [0.2, 0.25) is 0 Å². The lowest BCUT2D eigenvalue weighted by molar-refractivity contribution is -0.131. The van der Waals surface area contributed by atoms with Gasteiger partial charge in [-0.2, -0.15) is 5.26 Å². The van der Waals surface area contributed by atoms with Crippen LogP contribution in [-0.4, -0.2) is 52.1 Å². The SMILES string of the molecule is Cc1ccc2c(c1)SC(C=Cc1cnccc1C(=O)NCC(=O)N1CC(F)(F)CC1C#N)N2. The Morgan fingerprint density at radius 2 is 2.24 bits per heavy atom. The smallest absolute Gasteiger partial charge is 0.268 e. The maximum atomic E-state index is 13.6. The molecule has 10 heteroatoms. The number of thioether (sulfide) groups is 1. The van der Waals surface area contributed by atoms with E-state index in [-0.39, 0.29) is 5.37 Å². The summed E-state index contributed by atoms with van der Waals surface area (Å²) in [6.45, 7) is 0.732. The van der Waals surface area contributed by atoms with Crippen molar-refractivity contribution in [3.8, 4) is 6.07 Å². The van der Waals surface area contributed by atoms with Crippen LogP contribution in [-0.2, 0) is 4.79 Å². The van der Waals surface area contributed by atoms with Gasteiger partial charge in [-0.05, 0) is 30.7 Å². The van der Waals surface area contributed by atoms with Crippen molar-refractivity contribution in [3.63, 3.8) is 0 Å². The number of nitriles is 1. The molecule has 0 aliphatic carbocycles. The van der Waals surface area contributed by atoms with Gasteiger partial charge in [0.2, 0.25) is 5.91 Å². The lowest BCUT2D eigenvalue weighted by atomic mass is 10.1. The quantitative estimate of drug-likeness (QED) is 0.696. The number of pyridine rings is 1. The van der Waals surface area contributed by atoms with Crippen LogP contribution in [0.4, 0.5) is 14.5 Å². The molecule has 2 amide bonds. The van der Waals surface area contributed by atoms with Gasteiger partial charge in [-0.25, -0.2) is 8.78 Å². The Labute approximate surface area is 193 Å². The third-order valence-corrected chi connectivity index (χ3v) is 6.50. The first-order valence-corrected chi connectivity index (χ1v) is 11.1. The van der Waals surface area contributed by atoms with E-state index in [2.05, 4.69) is 21.7 Å². The van der Waals surface area contributed by atoms with Crippen LogP contribution in [0.3, 0.4) is 0 Å². The molecule has 4 rings (SSSR count). The molecule has 0 radical (unpaired) electrons. The van der Waals surface area contributed by atoms with Crippen molar-refractivity contribution in [2.24, 2.45) is 0 Å². The molecule has 33 heavy (non-hydrogen) atoms. The number of likely N-dealkylation sites (tertiary alicyclic amines) is 1. The maximum absolute atomic E-state index is 13.6. The van der Waals surface area contributed by atoms with E-state index >= 15 is 0 Å². The largest absolute Gasteiger partial charge is 0.369 e. The molecule has 1 aromatic carbocycles. The van der Waals surface area contributed by atoms with Crippen LogP contribution in [0.15, 0.2) is 47.6 Å². The number of alkyl halides is 2. The third kappa shape index (κ3) is 5.14. The van der Waals surface area contributed by atoms with Gasteiger partial charge >= 0.3 is 0 Å². The Morgan fingerprint density at radius 3 is 3.03 bits per heavy atom. The number of aromatic nitrogens is 1. The minimum atomic E-state index is -3.10. The van der Waals surface area contributed by atoms with Gasteiger partial charge in [0.15, 0.2) is 0 Å². The Morgan fingerprint density at radius 1 is 1.42 bits per heavy atom. The van der Waals surface area contributed by atoms with Crippen LogP contribution in [0.5, 0.6) is 0 Å². The van der Waals surface area contributed by atoms with Gasteiger partial charge in [-0.15, -0.1) is 0 Å². The number of aryl methyl sites for hydroxylation is 1. The minimum Gasteiger partial charge on any atom is -0.369 e. The molecule has 2 aliphatic rings. The number of fused-ring (bicyclic) bond motifs is 1. The second kappa shape index (κ2) is 9.19. The van der Waals surface area contributed by atoms with Gasteiger partial charge in [0.05, 0.1) is 24.5 Å². The average molecular weight is 470 g/mol. The van der Waals surface area contributed by atoms with Crippen molar-refractivity contribution in [2.45, 2.75) is 35.6 Å². The van der Waals surface area contributed by atoms with E-state index in [1.165, 1.54) is 24.0 Å². The summed E-state index contributed by atoms with van der Waals surface area (Å²) < 4.78 is 27.1. The highest BCUT2D eigenvalue weighted by atomic mass is 32.2. The molecule has 0 saturated carbocycles. The molecular formula is C23H21F2N5O2S. The van der Waals surface area contributed by atoms with Gasteiger partial charge in [0.1, 0.15) is 6.04 Å². The lowest BCUT2D eigenvalue weighted by Crippen LogP contribution is -2.43. The predicted molar refractivity (Wildman–Crippen MR) is 121 cm³/mol. The topological polar surface area (TPSA) is 98.1 Å². The van der Waals surface area contributed by atoms with Crippen molar-refractivity contribution in [3.05, 3.63) is 59.4 Å². The summed E-state index contributed by atoms with van der Waals surface area (Å²) in [6.07, 6.45) is 6.00. The minimum absolute atomic E-state index is 0.0146. The molecule has 7 nitrogen and oxygen atoms in total. The third-order valence-electron chi connectivity index (χ3n) is 5.38. The highest BCUT2D eigenvalue weighted by molar-refractivity contribution is 8.00. The first-order valence-electron chi connectivity index (χ1n) is 10.3. The fourth-order valence-electron chi connectivity index (χ4n) is 3.74. The highest BCUT2D eigenvalue weighted by Gasteiger charge is 2.47. The monoisotopic (exact) mass is 469 g/mol. The molecule has 0 bridgehead atoms. The van der Waals surface area contributed by atoms with Gasteiger partial charge < -0.3 is 15.5 Å². The zero-order valence-electron chi connectivity index (χ0n) is 17.7. The van der Waals surface area contributed by atoms with Gasteiger partial charge in [-0.3, -0.25) is 14.6 Å². The number of benzene rings is 1. The number of anilines is 1. The molecule has 2 unspecified atom stereocenters. The number of hydrogen-bond acceptors (Lipinski definition) is 6. The van der Waals surface area contributed by atoms with Gasteiger partial charge in [0.25, 0.3) is 11.8 Å². The molecule has 1 saturated heterocycles. The van der Waals surface area contributed by atoms with E-state index in [1.54, 1.807) is 23.9 Å². The molecule has 2 atom stereocenters. The summed E-state index contributed by atoms with van der Waals surface area (Å²) in [5.74, 6) is -4.36. The number of carbonyl (C=O) groups is 2. The average Bonchev–Trinajstić information content (AvgIpc) is 3.34. The zero-order chi connectivity index (χ0) is 23.6. The molecular weight excluding hydrogens is 448 g/mol. The summed E-state index contributed by atoms with van der Waals surface area (Å²) in [5.41, 5.74) is 3.08. The summed E-state index contributed by atoms with van der Waals surface area (Å²) in [6, 6.07) is 8.21. The fraction of sp³-hybridized carbons (Fsp3) is 0.304. The van der Waals surface area contributed by atoms with Gasteiger partial charge in [-0.1, -0.05) is 30.0 Å². The van der Waals surface area contributed by atoms with E-state index in [4.69, 9.17) is 5.26 Å². The van der Waals surface area contributed by atoms with Crippen molar-refractivity contribution >= 4 is 35.3 Å². The van der Waals surface area contributed by atoms with E-state index in [9.17, 15) is 18.4 Å². The maximum Gasteiger partial charge on any atom is 0.268 e. The molecule has 1 fully saturated rings. The fourth-order valence-corrected chi connectivity index (χ4v) is 4.86. The Balaban J connectivity index is 1.39.